The molecule has 0 spiro atoms. The van der Waals surface area contributed by atoms with E-state index >= 15 is 0 Å². The number of β-amino-alcohol motifs (C(OH)–C–C–N with tert-alkyl or cyclic N) is 1. The fourth-order valence-electron chi connectivity index (χ4n) is 2.85. The molecule has 1 amide bonds. The maximum Gasteiger partial charge on any atom is 0.410 e. The highest BCUT2D eigenvalue weighted by molar-refractivity contribution is 5.68. The first-order valence-electron chi connectivity index (χ1n) is 6.81. The summed E-state index contributed by atoms with van der Waals surface area (Å²) in [4.78, 5) is 15.8. The summed E-state index contributed by atoms with van der Waals surface area (Å²) in [6.45, 7) is 7.35. The molecule has 2 rings (SSSR count). The zero-order chi connectivity index (χ0) is 14.2. The number of likely N-dealkylation sites (N-methyl/N-ethyl adjacent to an activating group) is 1. The van der Waals surface area contributed by atoms with Crippen LogP contribution in [0.15, 0.2) is 12.2 Å². The molecule has 2 aliphatic heterocycles. The number of likely N-dealkylation sites (tertiary alicyclic amines) is 1. The molecule has 108 valence electrons. The number of aliphatic hydroxyl groups is 1. The standard InChI is InChI=1S/C14H24N2O3/c1-14(2,3)19-13(18)16-8-10-6-5-7-15(4)12(10)11(17)9-16/h5-6,10-12,17H,7-9H2,1-4H3. The summed E-state index contributed by atoms with van der Waals surface area (Å²) in [6, 6.07) is 0.101. The molecule has 0 aromatic carbocycles. The molecular formula is C14H24N2O3. The first-order valence-corrected chi connectivity index (χ1v) is 6.81. The van der Waals surface area contributed by atoms with Crippen LogP contribution in [0.25, 0.3) is 0 Å². The monoisotopic (exact) mass is 268 g/mol. The highest BCUT2D eigenvalue weighted by Crippen LogP contribution is 2.27. The summed E-state index contributed by atoms with van der Waals surface area (Å²) in [6.07, 6.45) is 3.32. The summed E-state index contributed by atoms with van der Waals surface area (Å²) in [5.41, 5.74) is -0.502. The van der Waals surface area contributed by atoms with E-state index in [0.29, 0.717) is 13.1 Å². The number of nitrogens with zero attached hydrogens (tertiary/aromatic N) is 2. The normalized spacial score (nSPS) is 32.1. The Morgan fingerprint density at radius 3 is 2.68 bits per heavy atom. The maximum absolute atomic E-state index is 12.1. The lowest BCUT2D eigenvalue weighted by molar-refractivity contribution is -0.0397. The highest BCUT2D eigenvalue weighted by Gasteiger charge is 2.40. The Hall–Kier alpha value is -1.07. The summed E-state index contributed by atoms with van der Waals surface area (Å²) in [7, 11) is 2.01. The molecule has 1 saturated heterocycles. The van der Waals surface area contributed by atoms with Crippen LogP contribution in [0.5, 0.6) is 0 Å². The fourth-order valence-corrected chi connectivity index (χ4v) is 2.85. The van der Waals surface area contributed by atoms with Gasteiger partial charge in [-0.05, 0) is 27.8 Å². The van der Waals surface area contributed by atoms with Gasteiger partial charge in [0.25, 0.3) is 0 Å². The quantitative estimate of drug-likeness (QED) is 0.668. The van der Waals surface area contributed by atoms with Gasteiger partial charge < -0.3 is 14.7 Å². The van der Waals surface area contributed by atoms with Crippen LogP contribution < -0.4 is 0 Å². The Kier molecular flexibility index (Phi) is 3.87. The fraction of sp³-hybridized carbons (Fsp3) is 0.786. The van der Waals surface area contributed by atoms with Crippen molar-refractivity contribution in [3.63, 3.8) is 0 Å². The molecule has 0 aromatic heterocycles. The van der Waals surface area contributed by atoms with Crippen molar-refractivity contribution >= 4 is 6.09 Å². The van der Waals surface area contributed by atoms with Crippen molar-refractivity contribution in [3.05, 3.63) is 12.2 Å². The predicted octanol–water partition coefficient (Wildman–Crippen LogP) is 1.08. The zero-order valence-corrected chi connectivity index (χ0v) is 12.2. The van der Waals surface area contributed by atoms with Crippen molar-refractivity contribution in [2.24, 2.45) is 5.92 Å². The smallest absolute Gasteiger partial charge is 0.410 e. The van der Waals surface area contributed by atoms with E-state index in [1.807, 2.05) is 27.8 Å². The molecule has 1 fully saturated rings. The van der Waals surface area contributed by atoms with Crippen LogP contribution >= 0.6 is 0 Å². The number of fused-ring (bicyclic) bond motifs is 1. The van der Waals surface area contributed by atoms with Gasteiger partial charge in [0.05, 0.1) is 12.6 Å². The van der Waals surface area contributed by atoms with E-state index in [-0.39, 0.29) is 18.1 Å². The highest BCUT2D eigenvalue weighted by atomic mass is 16.6. The molecule has 2 heterocycles. The molecule has 0 saturated carbocycles. The molecule has 19 heavy (non-hydrogen) atoms. The number of rotatable bonds is 0. The second-order valence-electron chi connectivity index (χ2n) is 6.47. The van der Waals surface area contributed by atoms with Gasteiger partial charge in [0, 0.05) is 25.0 Å². The Bertz CT molecular complexity index is 375. The number of aliphatic hydroxyl groups excluding tert-OH is 1. The van der Waals surface area contributed by atoms with E-state index < -0.39 is 11.7 Å². The summed E-state index contributed by atoms with van der Waals surface area (Å²) < 4.78 is 5.37. The van der Waals surface area contributed by atoms with Gasteiger partial charge in [0.1, 0.15) is 5.60 Å². The van der Waals surface area contributed by atoms with Crippen molar-refractivity contribution in [1.29, 1.82) is 0 Å². The van der Waals surface area contributed by atoms with E-state index in [2.05, 4.69) is 17.1 Å². The molecule has 1 N–H and O–H groups in total. The van der Waals surface area contributed by atoms with Gasteiger partial charge >= 0.3 is 6.09 Å². The Labute approximate surface area is 114 Å². The minimum atomic E-state index is -0.527. The molecule has 5 nitrogen and oxygen atoms in total. The van der Waals surface area contributed by atoms with Crippen LogP contribution in [-0.2, 0) is 4.74 Å². The van der Waals surface area contributed by atoms with E-state index in [1.165, 1.54) is 0 Å². The summed E-state index contributed by atoms with van der Waals surface area (Å²) >= 11 is 0. The van der Waals surface area contributed by atoms with Crippen LogP contribution in [0.3, 0.4) is 0 Å². The molecule has 0 bridgehead atoms. The minimum absolute atomic E-state index is 0.101. The lowest BCUT2D eigenvalue weighted by Gasteiger charge is -2.46. The van der Waals surface area contributed by atoms with E-state index in [4.69, 9.17) is 4.74 Å². The maximum atomic E-state index is 12.1. The third-order valence-corrected chi connectivity index (χ3v) is 3.61. The molecule has 3 atom stereocenters. The Morgan fingerprint density at radius 2 is 2.05 bits per heavy atom. The Morgan fingerprint density at radius 1 is 1.37 bits per heavy atom. The zero-order valence-electron chi connectivity index (χ0n) is 12.2. The van der Waals surface area contributed by atoms with Gasteiger partial charge in [0.2, 0.25) is 0 Å². The van der Waals surface area contributed by atoms with Crippen LogP contribution in [0.2, 0.25) is 0 Å². The van der Waals surface area contributed by atoms with Crippen LogP contribution in [0.1, 0.15) is 20.8 Å². The van der Waals surface area contributed by atoms with Gasteiger partial charge in [0.15, 0.2) is 0 Å². The van der Waals surface area contributed by atoms with Crippen LogP contribution in [0.4, 0.5) is 4.79 Å². The second kappa shape index (κ2) is 5.13. The third-order valence-electron chi connectivity index (χ3n) is 3.61. The van der Waals surface area contributed by atoms with Crippen LogP contribution in [-0.4, -0.2) is 65.4 Å². The van der Waals surface area contributed by atoms with E-state index in [1.54, 1.807) is 4.90 Å². The van der Waals surface area contributed by atoms with Crippen molar-refractivity contribution in [1.82, 2.24) is 9.80 Å². The predicted molar refractivity (Wildman–Crippen MR) is 72.9 cm³/mol. The molecule has 3 unspecified atom stereocenters. The average molecular weight is 268 g/mol. The van der Waals surface area contributed by atoms with Crippen molar-refractivity contribution < 1.29 is 14.6 Å². The largest absolute Gasteiger partial charge is 0.444 e. The Balaban J connectivity index is 2.05. The van der Waals surface area contributed by atoms with E-state index in [0.717, 1.165) is 6.54 Å². The molecule has 0 aromatic rings. The molecule has 5 heteroatoms. The number of hydrogen-bond donors (Lipinski definition) is 1. The van der Waals surface area contributed by atoms with E-state index in [9.17, 15) is 9.90 Å². The lowest BCUT2D eigenvalue weighted by atomic mass is 9.86. The number of carbonyl (C=O) groups excluding carboxylic acids is 1. The molecular weight excluding hydrogens is 244 g/mol. The second-order valence-corrected chi connectivity index (χ2v) is 6.47. The number of hydrogen-bond acceptors (Lipinski definition) is 4. The average Bonchev–Trinajstić information content (AvgIpc) is 2.26. The van der Waals surface area contributed by atoms with Gasteiger partial charge in [-0.3, -0.25) is 4.90 Å². The molecule has 0 radical (unpaired) electrons. The first kappa shape index (κ1) is 14.3. The van der Waals surface area contributed by atoms with Crippen molar-refractivity contribution in [3.8, 4) is 0 Å². The van der Waals surface area contributed by atoms with Crippen molar-refractivity contribution in [2.75, 3.05) is 26.7 Å². The van der Waals surface area contributed by atoms with Gasteiger partial charge in [-0.2, -0.15) is 0 Å². The minimum Gasteiger partial charge on any atom is -0.444 e. The summed E-state index contributed by atoms with van der Waals surface area (Å²) in [5, 5.41) is 10.3. The van der Waals surface area contributed by atoms with Gasteiger partial charge in [-0.15, -0.1) is 0 Å². The lowest BCUT2D eigenvalue weighted by Crippen LogP contribution is -2.60. The number of ether oxygens (including phenoxy) is 1. The SMILES string of the molecule is CN1CC=CC2CN(C(=O)OC(C)(C)C)CC(O)C21. The summed E-state index contributed by atoms with van der Waals surface area (Å²) in [5.74, 6) is 0.176. The number of carbonyl (C=O) groups is 1. The molecule has 2 aliphatic rings. The molecule has 0 aliphatic carbocycles. The van der Waals surface area contributed by atoms with Gasteiger partial charge in [-0.25, -0.2) is 4.79 Å². The number of piperidine rings is 1. The van der Waals surface area contributed by atoms with Crippen molar-refractivity contribution in [2.45, 2.75) is 38.5 Å². The first-order chi connectivity index (χ1) is 8.78. The topological polar surface area (TPSA) is 53.0 Å². The van der Waals surface area contributed by atoms with Gasteiger partial charge in [-0.1, -0.05) is 12.2 Å². The third kappa shape index (κ3) is 3.28. The van der Waals surface area contributed by atoms with Crippen LogP contribution in [0, 0.1) is 5.92 Å². The number of amides is 1.